The van der Waals surface area contributed by atoms with Crippen molar-refractivity contribution in [3.8, 4) is 17.2 Å². The maximum atomic E-state index is 8.94. The molecule has 2 aromatic carbocycles. The fraction of sp³-hybridized carbons (Fsp3) is 0.133. The van der Waals surface area contributed by atoms with Crippen LogP contribution in [0.2, 0.25) is 5.02 Å². The van der Waals surface area contributed by atoms with Crippen molar-refractivity contribution >= 4 is 11.6 Å². The lowest BCUT2D eigenvalue weighted by molar-refractivity contribution is 1.38. The lowest BCUT2D eigenvalue weighted by Gasteiger charge is -2.08. The van der Waals surface area contributed by atoms with E-state index in [2.05, 4.69) is 38.1 Å². The lowest BCUT2D eigenvalue weighted by Crippen LogP contribution is -1.86. The molecule has 0 heterocycles. The predicted octanol–water partition coefficient (Wildman–Crippen LogP) is 4.50. The van der Waals surface area contributed by atoms with E-state index in [1.165, 1.54) is 11.1 Å². The van der Waals surface area contributed by atoms with Crippen LogP contribution in [0.4, 0.5) is 0 Å². The Balaban J connectivity index is 2.61. The van der Waals surface area contributed by atoms with Crippen molar-refractivity contribution in [2.24, 2.45) is 0 Å². The van der Waals surface area contributed by atoms with Gasteiger partial charge in [-0.15, -0.1) is 0 Å². The van der Waals surface area contributed by atoms with E-state index in [1.807, 2.05) is 12.1 Å². The average Bonchev–Trinajstić information content (AvgIpc) is 2.28. The van der Waals surface area contributed by atoms with Gasteiger partial charge in [0, 0.05) is 5.02 Å². The molecule has 0 unspecified atom stereocenters. The third kappa shape index (κ3) is 2.49. The zero-order valence-corrected chi connectivity index (χ0v) is 10.5. The molecule has 84 valence electrons. The molecule has 0 amide bonds. The SMILES string of the molecule is Cc1ccc(-c2cc(Cl)cc(C#N)c2)c(C)c1. The first-order chi connectivity index (χ1) is 8.10. The van der Waals surface area contributed by atoms with Gasteiger partial charge in [0.15, 0.2) is 0 Å². The van der Waals surface area contributed by atoms with Gasteiger partial charge in [-0.2, -0.15) is 5.26 Å². The molecule has 0 saturated carbocycles. The van der Waals surface area contributed by atoms with Gasteiger partial charge in [0.1, 0.15) is 0 Å². The number of aryl methyl sites for hydroxylation is 2. The van der Waals surface area contributed by atoms with E-state index in [0.29, 0.717) is 10.6 Å². The van der Waals surface area contributed by atoms with Crippen molar-refractivity contribution in [2.45, 2.75) is 13.8 Å². The van der Waals surface area contributed by atoms with Crippen molar-refractivity contribution in [2.75, 3.05) is 0 Å². The maximum absolute atomic E-state index is 8.94. The van der Waals surface area contributed by atoms with Gasteiger partial charge in [-0.1, -0.05) is 35.4 Å². The molecule has 0 fully saturated rings. The maximum Gasteiger partial charge on any atom is 0.0992 e. The highest BCUT2D eigenvalue weighted by Gasteiger charge is 2.05. The van der Waals surface area contributed by atoms with Gasteiger partial charge in [0.25, 0.3) is 0 Å². The number of halogens is 1. The quantitative estimate of drug-likeness (QED) is 0.721. The molecule has 0 N–H and O–H groups in total. The van der Waals surface area contributed by atoms with E-state index in [9.17, 15) is 0 Å². The zero-order valence-electron chi connectivity index (χ0n) is 9.79. The van der Waals surface area contributed by atoms with Crippen LogP contribution in [0.1, 0.15) is 16.7 Å². The fourth-order valence-corrected chi connectivity index (χ4v) is 2.18. The molecule has 0 bridgehead atoms. The number of rotatable bonds is 1. The topological polar surface area (TPSA) is 23.8 Å². The van der Waals surface area contributed by atoms with Crippen molar-refractivity contribution < 1.29 is 0 Å². The normalized spacial score (nSPS) is 10.0. The van der Waals surface area contributed by atoms with E-state index < -0.39 is 0 Å². The summed E-state index contributed by atoms with van der Waals surface area (Å²) in [4.78, 5) is 0. The van der Waals surface area contributed by atoms with Gasteiger partial charge >= 0.3 is 0 Å². The molecular formula is C15H12ClN. The predicted molar refractivity (Wildman–Crippen MR) is 71.1 cm³/mol. The summed E-state index contributed by atoms with van der Waals surface area (Å²) in [6.45, 7) is 4.13. The minimum absolute atomic E-state index is 0.590. The molecule has 0 atom stereocenters. The van der Waals surface area contributed by atoms with E-state index in [0.717, 1.165) is 11.1 Å². The second kappa shape index (κ2) is 4.61. The fourth-order valence-electron chi connectivity index (χ4n) is 1.95. The van der Waals surface area contributed by atoms with E-state index in [4.69, 9.17) is 16.9 Å². The van der Waals surface area contributed by atoms with Gasteiger partial charge < -0.3 is 0 Å². The molecule has 17 heavy (non-hydrogen) atoms. The summed E-state index contributed by atoms with van der Waals surface area (Å²) in [7, 11) is 0. The molecule has 1 nitrogen and oxygen atoms in total. The summed E-state index contributed by atoms with van der Waals surface area (Å²) >= 11 is 6.01. The van der Waals surface area contributed by atoms with Gasteiger partial charge in [-0.05, 0) is 48.7 Å². The van der Waals surface area contributed by atoms with Crippen LogP contribution in [0, 0.1) is 25.2 Å². The summed E-state index contributed by atoms with van der Waals surface area (Å²) in [5, 5.41) is 9.53. The monoisotopic (exact) mass is 241 g/mol. The number of hydrogen-bond acceptors (Lipinski definition) is 1. The molecule has 0 radical (unpaired) electrons. The molecule has 0 aliphatic carbocycles. The molecule has 0 aromatic heterocycles. The molecule has 0 spiro atoms. The van der Waals surface area contributed by atoms with Gasteiger partial charge in [-0.3, -0.25) is 0 Å². The van der Waals surface area contributed by atoms with Crippen molar-refractivity contribution in [1.82, 2.24) is 0 Å². The van der Waals surface area contributed by atoms with Crippen molar-refractivity contribution in [1.29, 1.82) is 5.26 Å². The third-order valence-electron chi connectivity index (χ3n) is 2.72. The van der Waals surface area contributed by atoms with E-state index in [-0.39, 0.29) is 0 Å². The average molecular weight is 242 g/mol. The Morgan fingerprint density at radius 1 is 1.06 bits per heavy atom. The second-order valence-corrected chi connectivity index (χ2v) is 4.60. The summed E-state index contributed by atoms with van der Waals surface area (Å²) < 4.78 is 0. The molecule has 0 aliphatic heterocycles. The van der Waals surface area contributed by atoms with Crippen LogP contribution < -0.4 is 0 Å². The van der Waals surface area contributed by atoms with Crippen LogP contribution in [0.3, 0.4) is 0 Å². The molecule has 2 aromatic rings. The van der Waals surface area contributed by atoms with Crippen LogP contribution in [0.15, 0.2) is 36.4 Å². The lowest BCUT2D eigenvalue weighted by atomic mass is 9.97. The van der Waals surface area contributed by atoms with Crippen LogP contribution in [0.25, 0.3) is 11.1 Å². The van der Waals surface area contributed by atoms with Gasteiger partial charge in [0.05, 0.1) is 11.6 Å². The standard InChI is InChI=1S/C15H12ClN/c1-10-3-4-15(11(2)5-10)13-6-12(9-17)7-14(16)8-13/h3-8H,1-2H3. The van der Waals surface area contributed by atoms with Crippen LogP contribution >= 0.6 is 11.6 Å². The Morgan fingerprint density at radius 2 is 1.82 bits per heavy atom. The first-order valence-corrected chi connectivity index (χ1v) is 5.76. The molecule has 0 aliphatic rings. The number of nitriles is 1. The second-order valence-electron chi connectivity index (χ2n) is 4.16. The Hall–Kier alpha value is -1.78. The number of benzene rings is 2. The Kier molecular flexibility index (Phi) is 3.17. The molecule has 2 rings (SSSR count). The first-order valence-electron chi connectivity index (χ1n) is 5.38. The van der Waals surface area contributed by atoms with Crippen LogP contribution in [-0.2, 0) is 0 Å². The highest BCUT2D eigenvalue weighted by molar-refractivity contribution is 6.31. The van der Waals surface area contributed by atoms with E-state index >= 15 is 0 Å². The number of hydrogen-bond donors (Lipinski definition) is 0. The number of nitrogens with zero attached hydrogens (tertiary/aromatic N) is 1. The third-order valence-corrected chi connectivity index (χ3v) is 2.94. The smallest absolute Gasteiger partial charge is 0.0992 e. The summed E-state index contributed by atoms with van der Waals surface area (Å²) in [6.07, 6.45) is 0. The van der Waals surface area contributed by atoms with Crippen LogP contribution in [-0.4, -0.2) is 0 Å². The van der Waals surface area contributed by atoms with Gasteiger partial charge in [0.2, 0.25) is 0 Å². The highest BCUT2D eigenvalue weighted by atomic mass is 35.5. The first kappa shape index (κ1) is 11.7. The highest BCUT2D eigenvalue weighted by Crippen LogP contribution is 2.27. The largest absolute Gasteiger partial charge is 0.192 e. The minimum Gasteiger partial charge on any atom is -0.192 e. The molecule has 0 saturated heterocycles. The Labute approximate surface area is 106 Å². The van der Waals surface area contributed by atoms with Crippen LogP contribution in [0.5, 0.6) is 0 Å². The summed E-state index contributed by atoms with van der Waals surface area (Å²) in [5.41, 5.74) is 5.12. The molecule has 2 heteroatoms. The minimum atomic E-state index is 0.590. The van der Waals surface area contributed by atoms with Crippen molar-refractivity contribution in [3.63, 3.8) is 0 Å². The molecular weight excluding hydrogens is 230 g/mol. The summed E-state index contributed by atoms with van der Waals surface area (Å²) in [5.74, 6) is 0. The zero-order chi connectivity index (χ0) is 12.4. The summed E-state index contributed by atoms with van der Waals surface area (Å²) in [6, 6.07) is 13.8. The van der Waals surface area contributed by atoms with E-state index in [1.54, 1.807) is 6.07 Å². The Bertz CT molecular complexity index is 609. The Morgan fingerprint density at radius 3 is 2.47 bits per heavy atom. The van der Waals surface area contributed by atoms with Gasteiger partial charge in [-0.25, -0.2) is 0 Å². The van der Waals surface area contributed by atoms with Crippen molar-refractivity contribution in [3.05, 3.63) is 58.1 Å².